The Hall–Kier alpha value is -1.44. The third-order valence-electron chi connectivity index (χ3n) is 8.92. The lowest BCUT2D eigenvalue weighted by atomic mass is 9.60. The maximum absolute atomic E-state index is 14.9. The molecule has 3 aliphatic carbocycles. The number of halogens is 2. The molecule has 2 heteroatoms. The molecule has 0 aliphatic heterocycles. The molecular weight excluding hydrogens is 386 g/mol. The minimum absolute atomic E-state index is 0.194. The molecule has 0 spiro atoms. The summed E-state index contributed by atoms with van der Waals surface area (Å²) in [5.41, 5.74) is 1.15. The van der Waals surface area contributed by atoms with Crippen molar-refractivity contribution < 1.29 is 8.78 Å². The molecule has 0 bridgehead atoms. The van der Waals surface area contributed by atoms with Gasteiger partial charge in [0, 0.05) is 0 Å². The molecule has 0 aromatic heterocycles. The molecule has 0 nitrogen and oxygen atoms in total. The van der Waals surface area contributed by atoms with Crippen molar-refractivity contribution in [1.29, 1.82) is 0 Å². The zero-order valence-corrected chi connectivity index (χ0v) is 19.3. The van der Waals surface area contributed by atoms with Crippen LogP contribution in [0.25, 0.3) is 0 Å². The van der Waals surface area contributed by atoms with E-state index in [-0.39, 0.29) is 5.92 Å². The fourth-order valence-corrected chi connectivity index (χ4v) is 7.01. The summed E-state index contributed by atoms with van der Waals surface area (Å²) in [5, 5.41) is 0. The molecule has 0 heterocycles. The van der Waals surface area contributed by atoms with Crippen molar-refractivity contribution in [3.63, 3.8) is 0 Å². The van der Waals surface area contributed by atoms with E-state index in [1.165, 1.54) is 51.4 Å². The van der Waals surface area contributed by atoms with Crippen LogP contribution in [0.2, 0.25) is 0 Å². The molecule has 1 aromatic carbocycles. The molecular formula is C29H40F2. The summed E-state index contributed by atoms with van der Waals surface area (Å²) in [7, 11) is 0. The number of hydrogen-bond acceptors (Lipinski definition) is 0. The van der Waals surface area contributed by atoms with E-state index in [0.717, 1.165) is 42.9 Å². The van der Waals surface area contributed by atoms with Gasteiger partial charge in [-0.2, -0.15) is 0 Å². The van der Waals surface area contributed by atoms with Gasteiger partial charge in [0.25, 0.3) is 0 Å². The highest BCUT2D eigenvalue weighted by Crippen LogP contribution is 2.51. The smallest absolute Gasteiger partial charge is 0.162 e. The summed E-state index contributed by atoms with van der Waals surface area (Å²) in [6, 6.07) is 3.72. The first kappa shape index (κ1) is 22.7. The van der Waals surface area contributed by atoms with Crippen LogP contribution in [0, 0.1) is 41.2 Å². The van der Waals surface area contributed by atoms with E-state index in [2.05, 4.69) is 12.7 Å². The first-order chi connectivity index (χ1) is 15.1. The molecule has 3 fully saturated rings. The summed E-state index contributed by atoms with van der Waals surface area (Å²) >= 11 is 0. The number of fused-ring (bicyclic) bond motifs is 1. The Labute approximate surface area is 188 Å². The van der Waals surface area contributed by atoms with Crippen molar-refractivity contribution >= 4 is 0 Å². The van der Waals surface area contributed by atoms with E-state index in [1.54, 1.807) is 0 Å². The molecule has 4 atom stereocenters. The Morgan fingerprint density at radius 2 is 1.48 bits per heavy atom. The highest BCUT2D eigenvalue weighted by Gasteiger charge is 2.39. The molecule has 0 saturated heterocycles. The standard InChI is InChI=1S/C29H40F2/c1-3-5-6-7-22-16-17-27(29(31)28(22)30)26-15-14-24-18-23(12-13-25(24)19-26)21-10-8-20(4-2)9-11-21/h3-5,16-17,20-21,23-26H,2,6-15,18-19H2,1H3/b5-3+. The average molecular weight is 427 g/mol. The number of rotatable bonds is 6. The van der Waals surface area contributed by atoms with E-state index in [0.29, 0.717) is 23.5 Å². The molecule has 1 aromatic rings. The van der Waals surface area contributed by atoms with E-state index in [9.17, 15) is 8.78 Å². The van der Waals surface area contributed by atoms with Gasteiger partial charge in [0.05, 0.1) is 0 Å². The van der Waals surface area contributed by atoms with Gasteiger partial charge in [0.2, 0.25) is 0 Å². The van der Waals surface area contributed by atoms with Crippen molar-refractivity contribution in [3.05, 3.63) is 59.7 Å². The van der Waals surface area contributed by atoms with Crippen LogP contribution >= 0.6 is 0 Å². The van der Waals surface area contributed by atoms with Crippen LogP contribution in [0.3, 0.4) is 0 Å². The maximum Gasteiger partial charge on any atom is 0.162 e. The second-order valence-corrected chi connectivity index (χ2v) is 10.6. The van der Waals surface area contributed by atoms with Gasteiger partial charge < -0.3 is 0 Å². The second-order valence-electron chi connectivity index (χ2n) is 10.6. The summed E-state index contributed by atoms with van der Waals surface area (Å²) in [4.78, 5) is 0. The van der Waals surface area contributed by atoms with E-state index in [4.69, 9.17) is 0 Å². The largest absolute Gasteiger partial charge is 0.203 e. The van der Waals surface area contributed by atoms with Gasteiger partial charge in [-0.1, -0.05) is 30.4 Å². The normalized spacial score (nSPS) is 33.9. The minimum atomic E-state index is -0.608. The topological polar surface area (TPSA) is 0 Å². The second kappa shape index (κ2) is 10.5. The Morgan fingerprint density at radius 3 is 2.19 bits per heavy atom. The average Bonchev–Trinajstić information content (AvgIpc) is 2.81. The Balaban J connectivity index is 1.35. The Morgan fingerprint density at radius 1 is 0.839 bits per heavy atom. The molecule has 0 N–H and O–H groups in total. The minimum Gasteiger partial charge on any atom is -0.203 e. The molecule has 4 rings (SSSR count). The SMILES string of the molecule is C=CC1CCC(C2CCC3CC(c4ccc(CC/C=C/C)c(F)c4F)CCC3C2)CC1. The molecule has 4 unspecified atom stereocenters. The summed E-state index contributed by atoms with van der Waals surface area (Å²) < 4.78 is 29.6. The third kappa shape index (κ3) is 5.15. The van der Waals surface area contributed by atoms with Crippen molar-refractivity contribution in [3.8, 4) is 0 Å². The van der Waals surface area contributed by atoms with Crippen LogP contribution < -0.4 is 0 Å². The predicted molar refractivity (Wildman–Crippen MR) is 126 cm³/mol. The zero-order valence-electron chi connectivity index (χ0n) is 19.3. The van der Waals surface area contributed by atoms with E-state index >= 15 is 0 Å². The van der Waals surface area contributed by atoms with Crippen LogP contribution in [-0.4, -0.2) is 0 Å². The van der Waals surface area contributed by atoms with Gasteiger partial charge in [-0.15, -0.1) is 6.58 Å². The lowest BCUT2D eigenvalue weighted by Gasteiger charge is -2.45. The lowest BCUT2D eigenvalue weighted by molar-refractivity contribution is 0.0743. The van der Waals surface area contributed by atoms with Gasteiger partial charge in [-0.05, 0) is 131 Å². The Bertz CT molecular complexity index is 771. The van der Waals surface area contributed by atoms with E-state index in [1.807, 2.05) is 31.2 Å². The number of allylic oxidation sites excluding steroid dienone is 3. The van der Waals surface area contributed by atoms with Gasteiger partial charge in [-0.25, -0.2) is 8.78 Å². The highest BCUT2D eigenvalue weighted by atomic mass is 19.2. The van der Waals surface area contributed by atoms with Crippen molar-refractivity contribution in [2.75, 3.05) is 0 Å². The monoisotopic (exact) mass is 426 g/mol. The number of benzene rings is 1. The predicted octanol–water partition coefficient (Wildman–Crippen LogP) is 8.77. The molecule has 170 valence electrons. The summed E-state index contributed by atoms with van der Waals surface area (Å²) in [6.07, 6.45) is 20.2. The van der Waals surface area contributed by atoms with Gasteiger partial charge >= 0.3 is 0 Å². The van der Waals surface area contributed by atoms with E-state index < -0.39 is 11.6 Å². The molecule has 0 amide bonds. The van der Waals surface area contributed by atoms with Crippen LogP contribution in [-0.2, 0) is 6.42 Å². The summed E-state index contributed by atoms with van der Waals surface area (Å²) in [5.74, 6) is 3.08. The maximum atomic E-state index is 14.9. The Kier molecular flexibility index (Phi) is 7.67. The van der Waals surface area contributed by atoms with Crippen molar-refractivity contribution in [2.45, 2.75) is 89.9 Å². The number of aryl methyl sites for hydroxylation is 1. The van der Waals surface area contributed by atoms with Gasteiger partial charge in [0.1, 0.15) is 0 Å². The van der Waals surface area contributed by atoms with Crippen LogP contribution in [0.15, 0.2) is 36.9 Å². The quantitative estimate of drug-likeness (QED) is 0.399. The highest BCUT2D eigenvalue weighted by molar-refractivity contribution is 5.30. The van der Waals surface area contributed by atoms with Gasteiger partial charge in [0.15, 0.2) is 11.6 Å². The first-order valence-corrected chi connectivity index (χ1v) is 12.8. The third-order valence-corrected chi connectivity index (χ3v) is 8.92. The molecule has 3 aliphatic rings. The fraction of sp³-hybridized carbons (Fsp3) is 0.655. The van der Waals surface area contributed by atoms with Crippen LogP contribution in [0.4, 0.5) is 8.78 Å². The molecule has 31 heavy (non-hydrogen) atoms. The zero-order chi connectivity index (χ0) is 21.8. The molecule has 3 saturated carbocycles. The first-order valence-electron chi connectivity index (χ1n) is 12.8. The van der Waals surface area contributed by atoms with Crippen LogP contribution in [0.5, 0.6) is 0 Å². The van der Waals surface area contributed by atoms with Gasteiger partial charge in [-0.3, -0.25) is 0 Å². The number of hydrogen-bond donors (Lipinski definition) is 0. The van der Waals surface area contributed by atoms with Crippen molar-refractivity contribution in [1.82, 2.24) is 0 Å². The molecule has 0 radical (unpaired) electrons. The lowest BCUT2D eigenvalue weighted by Crippen LogP contribution is -2.34. The summed E-state index contributed by atoms with van der Waals surface area (Å²) in [6.45, 7) is 5.94. The van der Waals surface area contributed by atoms with Crippen molar-refractivity contribution in [2.24, 2.45) is 29.6 Å². The fourth-order valence-electron chi connectivity index (χ4n) is 7.01. The van der Waals surface area contributed by atoms with Crippen LogP contribution in [0.1, 0.15) is 94.6 Å².